The zero-order valence-corrected chi connectivity index (χ0v) is 24.9. The summed E-state index contributed by atoms with van der Waals surface area (Å²) in [4.78, 5) is 13.4. The fourth-order valence-electron chi connectivity index (χ4n) is 5.44. The highest BCUT2D eigenvalue weighted by Gasteiger charge is 2.35. The second-order valence-electron chi connectivity index (χ2n) is 10.2. The number of rotatable bonds is 7. The fourth-order valence-corrected chi connectivity index (χ4v) is 7.63. The number of halogens is 1. The standard InChI is InChI=1S/C30H32FN3O5S2/c1-19-8-5-6-10-27(19)41(37,38)34-15-7-9-21(18-34)23-16-24-26(17-25(23)33(3)40(4)36)39-29(28(24)30(35)32-2)20-11-13-22(31)14-12-20/h5-6,8,10-14,16-17,21H,7,9,15,18H2,1-4H3,(H,32,35)/t21-,40?/m0/s1. The molecule has 8 nitrogen and oxygen atoms in total. The van der Waals surface area contributed by atoms with Gasteiger partial charge in [0.25, 0.3) is 5.91 Å². The van der Waals surface area contributed by atoms with Crippen LogP contribution in [-0.4, -0.2) is 56.6 Å². The molecule has 1 aromatic heterocycles. The summed E-state index contributed by atoms with van der Waals surface area (Å²) in [6, 6.07) is 16.2. The Hall–Kier alpha value is -3.38. The van der Waals surface area contributed by atoms with Crippen molar-refractivity contribution in [2.75, 3.05) is 37.7 Å². The van der Waals surface area contributed by atoms with E-state index < -0.39 is 27.2 Å². The number of nitrogens with zero attached hydrogens (tertiary/aromatic N) is 2. The van der Waals surface area contributed by atoms with Crippen molar-refractivity contribution in [3.05, 3.63) is 83.2 Å². The van der Waals surface area contributed by atoms with Gasteiger partial charge in [-0.05, 0) is 67.3 Å². The van der Waals surface area contributed by atoms with Crippen LogP contribution < -0.4 is 9.62 Å². The van der Waals surface area contributed by atoms with Gasteiger partial charge in [0.15, 0.2) is 0 Å². The van der Waals surface area contributed by atoms with Crippen LogP contribution in [0.2, 0.25) is 0 Å². The molecule has 1 fully saturated rings. The van der Waals surface area contributed by atoms with E-state index in [0.717, 1.165) is 5.56 Å². The number of fused-ring (bicyclic) bond motifs is 1. The third kappa shape index (κ3) is 5.46. The molecule has 11 heteroatoms. The Morgan fingerprint density at radius 1 is 1.17 bits per heavy atom. The van der Waals surface area contributed by atoms with E-state index >= 15 is 0 Å². The number of carbonyl (C=O) groups excluding carboxylic acids is 1. The van der Waals surface area contributed by atoms with Crippen molar-refractivity contribution >= 4 is 43.9 Å². The van der Waals surface area contributed by atoms with E-state index in [2.05, 4.69) is 5.32 Å². The number of hydrogen-bond acceptors (Lipinski definition) is 6. The lowest BCUT2D eigenvalue weighted by Gasteiger charge is -2.34. The Kier molecular flexibility index (Phi) is 8.15. The molecule has 1 amide bonds. The number of furan rings is 1. The van der Waals surface area contributed by atoms with Crippen LogP contribution in [0.3, 0.4) is 0 Å². The Morgan fingerprint density at radius 2 is 1.88 bits per heavy atom. The molecule has 0 saturated carbocycles. The van der Waals surface area contributed by atoms with Gasteiger partial charge in [0.05, 0.1) is 34.6 Å². The second kappa shape index (κ2) is 11.5. The number of piperidine rings is 1. The molecule has 3 aromatic carbocycles. The first-order valence-corrected chi connectivity index (χ1v) is 16.2. The number of carbonyl (C=O) groups is 1. The Morgan fingerprint density at radius 3 is 2.54 bits per heavy atom. The number of anilines is 1. The summed E-state index contributed by atoms with van der Waals surface area (Å²) in [5.41, 5.74) is 3.31. The molecule has 216 valence electrons. The number of nitrogens with one attached hydrogen (secondary N) is 1. The van der Waals surface area contributed by atoms with Crippen LogP contribution in [0.5, 0.6) is 0 Å². The van der Waals surface area contributed by atoms with Gasteiger partial charge >= 0.3 is 0 Å². The van der Waals surface area contributed by atoms with Crippen molar-refractivity contribution in [3.63, 3.8) is 0 Å². The molecule has 4 aromatic rings. The number of benzene rings is 3. The first-order valence-electron chi connectivity index (χ1n) is 13.2. The number of aryl methyl sites for hydroxylation is 1. The minimum Gasteiger partial charge on any atom is -0.593 e. The highest BCUT2D eigenvalue weighted by atomic mass is 32.2. The van der Waals surface area contributed by atoms with E-state index in [4.69, 9.17) is 4.42 Å². The molecule has 1 N–H and O–H groups in total. The van der Waals surface area contributed by atoms with Crippen molar-refractivity contribution in [3.8, 4) is 11.3 Å². The molecular formula is C30H32FN3O5S2. The van der Waals surface area contributed by atoms with Crippen LogP contribution in [0.1, 0.15) is 40.2 Å². The van der Waals surface area contributed by atoms with Crippen LogP contribution >= 0.6 is 0 Å². The molecule has 1 unspecified atom stereocenters. The second-order valence-corrected chi connectivity index (χ2v) is 13.5. The van der Waals surface area contributed by atoms with E-state index in [1.54, 1.807) is 60.9 Å². The number of sulfonamides is 1. The maximum absolute atomic E-state index is 13.7. The van der Waals surface area contributed by atoms with Gasteiger partial charge in [-0.15, -0.1) is 0 Å². The maximum atomic E-state index is 13.7. The zero-order chi connectivity index (χ0) is 29.5. The third-order valence-electron chi connectivity index (χ3n) is 7.66. The molecule has 1 saturated heterocycles. The molecule has 0 radical (unpaired) electrons. The van der Waals surface area contributed by atoms with E-state index in [0.29, 0.717) is 52.7 Å². The van der Waals surface area contributed by atoms with Gasteiger partial charge < -0.3 is 14.3 Å². The van der Waals surface area contributed by atoms with Gasteiger partial charge in [0, 0.05) is 43.1 Å². The molecule has 0 aliphatic carbocycles. The van der Waals surface area contributed by atoms with Gasteiger partial charge in [0.1, 0.15) is 23.4 Å². The average Bonchev–Trinajstić information content (AvgIpc) is 3.34. The largest absolute Gasteiger partial charge is 0.593 e. The maximum Gasteiger partial charge on any atom is 0.255 e. The third-order valence-corrected chi connectivity index (χ3v) is 10.7. The van der Waals surface area contributed by atoms with Crippen molar-refractivity contribution in [2.45, 2.75) is 30.6 Å². The predicted molar refractivity (Wildman–Crippen MR) is 159 cm³/mol. The van der Waals surface area contributed by atoms with Crippen LogP contribution in [0, 0.1) is 12.7 Å². The lowest BCUT2D eigenvalue weighted by molar-refractivity contribution is 0.0964. The summed E-state index contributed by atoms with van der Waals surface area (Å²) in [5, 5.41) is 3.20. The average molecular weight is 598 g/mol. The fraction of sp³-hybridized carbons (Fsp3) is 0.300. The normalized spacial score (nSPS) is 17.0. The topological polar surface area (TPSA) is 106 Å². The molecule has 5 rings (SSSR count). The van der Waals surface area contributed by atoms with Crippen LogP contribution in [-0.2, 0) is 21.4 Å². The van der Waals surface area contributed by atoms with E-state index in [1.807, 2.05) is 12.1 Å². The first kappa shape index (κ1) is 29.1. The van der Waals surface area contributed by atoms with Crippen LogP contribution in [0.25, 0.3) is 22.3 Å². The number of hydrogen-bond donors (Lipinski definition) is 1. The zero-order valence-electron chi connectivity index (χ0n) is 23.3. The van der Waals surface area contributed by atoms with Crippen molar-refractivity contribution in [1.29, 1.82) is 0 Å². The summed E-state index contributed by atoms with van der Waals surface area (Å²) in [6.45, 7) is 2.41. The minimum absolute atomic E-state index is 0.227. The lowest BCUT2D eigenvalue weighted by Crippen LogP contribution is -2.39. The highest BCUT2D eigenvalue weighted by Crippen LogP contribution is 2.42. The van der Waals surface area contributed by atoms with E-state index in [9.17, 15) is 22.2 Å². The van der Waals surface area contributed by atoms with Crippen molar-refractivity contribution < 1.29 is 26.6 Å². The van der Waals surface area contributed by atoms with Gasteiger partial charge in [-0.1, -0.05) is 18.2 Å². The predicted octanol–water partition coefficient (Wildman–Crippen LogP) is 5.20. The molecule has 0 spiro atoms. The molecule has 0 bridgehead atoms. The molecule has 2 atom stereocenters. The Balaban J connectivity index is 1.66. The van der Waals surface area contributed by atoms with Crippen LogP contribution in [0.4, 0.5) is 10.1 Å². The molecular weight excluding hydrogens is 565 g/mol. The Bertz CT molecular complexity index is 1700. The van der Waals surface area contributed by atoms with Gasteiger partial charge in [-0.2, -0.15) is 8.61 Å². The summed E-state index contributed by atoms with van der Waals surface area (Å²) in [5.74, 6) is -0.725. The molecule has 2 heterocycles. The molecule has 41 heavy (non-hydrogen) atoms. The minimum atomic E-state index is -3.74. The smallest absolute Gasteiger partial charge is 0.255 e. The number of amides is 1. The summed E-state index contributed by atoms with van der Waals surface area (Å²) >= 11 is -1.39. The van der Waals surface area contributed by atoms with E-state index in [-0.39, 0.29) is 29.0 Å². The lowest BCUT2D eigenvalue weighted by atomic mass is 9.89. The van der Waals surface area contributed by atoms with Crippen LogP contribution in [0.15, 0.2) is 70.0 Å². The molecule has 1 aliphatic heterocycles. The summed E-state index contributed by atoms with van der Waals surface area (Å²) < 4.78 is 63.0. The van der Waals surface area contributed by atoms with Gasteiger partial charge in [-0.3, -0.25) is 4.79 Å². The van der Waals surface area contributed by atoms with E-state index in [1.165, 1.54) is 23.5 Å². The quantitative estimate of drug-likeness (QED) is 0.294. The SMILES string of the molecule is CNC(=O)c1c(-c2ccc(F)cc2)oc2cc(N(C)[S+](C)[O-])c([C@H]3CCCN(S(=O)(=O)c4ccccc4C)C3)cc12. The van der Waals surface area contributed by atoms with Gasteiger partial charge in [0.2, 0.25) is 10.0 Å². The summed E-state index contributed by atoms with van der Waals surface area (Å²) in [6.07, 6.45) is 2.91. The summed E-state index contributed by atoms with van der Waals surface area (Å²) in [7, 11) is -0.515. The highest BCUT2D eigenvalue weighted by molar-refractivity contribution is 7.92. The van der Waals surface area contributed by atoms with Gasteiger partial charge in [-0.25, -0.2) is 12.8 Å². The first-order chi connectivity index (χ1) is 19.5. The molecule has 1 aliphatic rings. The van der Waals surface area contributed by atoms with Crippen molar-refractivity contribution in [2.24, 2.45) is 0 Å². The van der Waals surface area contributed by atoms with Crippen molar-refractivity contribution in [1.82, 2.24) is 9.62 Å². The Labute approximate surface area is 242 Å². The monoisotopic (exact) mass is 597 g/mol.